The molecule has 0 aliphatic heterocycles. The molecule has 0 fully saturated rings. The SMILES string of the molecule is CCCCCCCCCCCCCCCCOc1coc(C(=O)O)cc1=O. The normalized spacial score (nSPS) is 10.9. The van der Waals surface area contributed by atoms with Crippen LogP contribution in [-0.2, 0) is 0 Å². The van der Waals surface area contributed by atoms with Crippen LogP contribution in [0.2, 0.25) is 0 Å². The monoisotopic (exact) mass is 380 g/mol. The Morgan fingerprint density at radius 2 is 1.37 bits per heavy atom. The van der Waals surface area contributed by atoms with Gasteiger partial charge in [-0.1, -0.05) is 90.4 Å². The number of carbonyl (C=O) groups is 1. The van der Waals surface area contributed by atoms with Crippen LogP contribution in [0.4, 0.5) is 0 Å². The van der Waals surface area contributed by atoms with Crippen molar-refractivity contribution in [2.45, 2.75) is 96.8 Å². The lowest BCUT2D eigenvalue weighted by atomic mass is 10.0. The summed E-state index contributed by atoms with van der Waals surface area (Å²) in [4.78, 5) is 22.4. The van der Waals surface area contributed by atoms with Crippen molar-refractivity contribution in [1.82, 2.24) is 0 Å². The fourth-order valence-electron chi connectivity index (χ4n) is 3.10. The average Bonchev–Trinajstić information content (AvgIpc) is 2.65. The second-order valence-corrected chi connectivity index (χ2v) is 7.22. The van der Waals surface area contributed by atoms with Crippen LogP contribution < -0.4 is 10.2 Å². The summed E-state index contributed by atoms with van der Waals surface area (Å²) in [5.41, 5.74) is -0.455. The van der Waals surface area contributed by atoms with Crippen LogP contribution >= 0.6 is 0 Å². The highest BCUT2D eigenvalue weighted by Gasteiger charge is 2.09. The van der Waals surface area contributed by atoms with Crippen LogP contribution in [0.15, 0.2) is 21.5 Å². The Morgan fingerprint density at radius 3 is 1.81 bits per heavy atom. The number of aromatic carboxylic acids is 1. The Labute approximate surface area is 163 Å². The first-order valence-electron chi connectivity index (χ1n) is 10.6. The standard InChI is InChI=1S/C22H36O5/c1-2-3-4-5-6-7-8-9-10-11-12-13-14-15-16-26-21-18-27-20(22(24)25)17-19(21)23/h17-18H,2-16H2,1H3,(H,24,25). The molecule has 154 valence electrons. The molecule has 1 heterocycles. The van der Waals surface area contributed by atoms with Crippen LogP contribution in [0.3, 0.4) is 0 Å². The van der Waals surface area contributed by atoms with Gasteiger partial charge in [-0.15, -0.1) is 0 Å². The Kier molecular flexibility index (Phi) is 13.2. The minimum absolute atomic E-state index is 0.0784. The van der Waals surface area contributed by atoms with E-state index in [9.17, 15) is 9.59 Å². The third-order valence-electron chi connectivity index (χ3n) is 4.76. The summed E-state index contributed by atoms with van der Waals surface area (Å²) in [6.07, 6.45) is 19.2. The van der Waals surface area contributed by atoms with Crippen molar-refractivity contribution in [1.29, 1.82) is 0 Å². The summed E-state index contributed by atoms with van der Waals surface area (Å²) in [6, 6.07) is 0.947. The molecule has 5 nitrogen and oxygen atoms in total. The lowest BCUT2D eigenvalue weighted by Crippen LogP contribution is -2.10. The third-order valence-corrected chi connectivity index (χ3v) is 4.76. The molecule has 0 aliphatic rings. The molecule has 0 bridgehead atoms. The highest BCUT2D eigenvalue weighted by atomic mass is 16.5. The van der Waals surface area contributed by atoms with Crippen LogP contribution in [0.5, 0.6) is 5.75 Å². The highest BCUT2D eigenvalue weighted by Crippen LogP contribution is 2.13. The first-order valence-corrected chi connectivity index (χ1v) is 10.6. The number of rotatable bonds is 17. The van der Waals surface area contributed by atoms with Gasteiger partial charge in [0.2, 0.25) is 16.9 Å². The van der Waals surface area contributed by atoms with Gasteiger partial charge in [-0.05, 0) is 6.42 Å². The van der Waals surface area contributed by atoms with Crippen molar-refractivity contribution in [3.63, 3.8) is 0 Å². The quantitative estimate of drug-likeness (QED) is 0.326. The molecule has 1 N–H and O–H groups in total. The molecule has 1 aromatic rings. The number of carboxylic acids is 1. The summed E-state index contributed by atoms with van der Waals surface area (Å²) >= 11 is 0. The Balaban J connectivity index is 1.91. The van der Waals surface area contributed by atoms with Crippen molar-refractivity contribution in [3.8, 4) is 5.75 Å². The predicted molar refractivity (Wildman–Crippen MR) is 108 cm³/mol. The van der Waals surface area contributed by atoms with E-state index < -0.39 is 11.4 Å². The molecule has 0 radical (unpaired) electrons. The zero-order valence-electron chi connectivity index (χ0n) is 16.8. The fourth-order valence-corrected chi connectivity index (χ4v) is 3.10. The highest BCUT2D eigenvalue weighted by molar-refractivity contribution is 5.84. The second-order valence-electron chi connectivity index (χ2n) is 7.22. The molecule has 0 unspecified atom stereocenters. The fraction of sp³-hybridized carbons (Fsp3) is 0.727. The van der Waals surface area contributed by atoms with Crippen LogP contribution in [0.25, 0.3) is 0 Å². The minimum atomic E-state index is -1.26. The van der Waals surface area contributed by atoms with Gasteiger partial charge in [-0.25, -0.2) is 4.79 Å². The maximum atomic E-state index is 11.7. The molecular formula is C22H36O5. The van der Waals surface area contributed by atoms with E-state index in [1.807, 2.05) is 0 Å². The van der Waals surface area contributed by atoms with Crippen molar-refractivity contribution in [2.24, 2.45) is 0 Å². The molecule has 27 heavy (non-hydrogen) atoms. The van der Waals surface area contributed by atoms with E-state index in [1.54, 1.807) is 0 Å². The van der Waals surface area contributed by atoms with Gasteiger partial charge >= 0.3 is 5.97 Å². The van der Waals surface area contributed by atoms with Crippen molar-refractivity contribution < 1.29 is 19.1 Å². The van der Waals surface area contributed by atoms with Gasteiger partial charge < -0.3 is 14.3 Å². The molecule has 5 heteroatoms. The van der Waals surface area contributed by atoms with Crippen molar-refractivity contribution in [2.75, 3.05) is 6.61 Å². The zero-order valence-corrected chi connectivity index (χ0v) is 16.8. The Hall–Kier alpha value is -1.78. The first kappa shape index (κ1) is 23.3. The average molecular weight is 381 g/mol. The zero-order chi connectivity index (χ0) is 19.7. The molecule has 0 amide bonds. The number of hydrogen-bond acceptors (Lipinski definition) is 4. The van der Waals surface area contributed by atoms with Gasteiger partial charge in [0.15, 0.2) is 0 Å². The maximum absolute atomic E-state index is 11.7. The molecule has 0 saturated heterocycles. The topological polar surface area (TPSA) is 76.7 Å². The summed E-state index contributed by atoms with van der Waals surface area (Å²) in [6.45, 7) is 2.71. The van der Waals surface area contributed by atoms with Crippen LogP contribution in [-0.4, -0.2) is 17.7 Å². The Bertz CT molecular complexity index is 564. The van der Waals surface area contributed by atoms with E-state index in [-0.39, 0.29) is 11.5 Å². The number of hydrogen-bond donors (Lipinski definition) is 1. The predicted octanol–water partition coefficient (Wildman–Crippen LogP) is 6.20. The summed E-state index contributed by atoms with van der Waals surface area (Å²) in [7, 11) is 0. The summed E-state index contributed by atoms with van der Waals surface area (Å²) in [5.74, 6) is -1.55. The van der Waals surface area contributed by atoms with Gasteiger partial charge in [0.1, 0.15) is 6.26 Å². The van der Waals surface area contributed by atoms with E-state index in [0.717, 1.165) is 25.2 Å². The Morgan fingerprint density at radius 1 is 0.889 bits per heavy atom. The second kappa shape index (κ2) is 15.3. The van der Waals surface area contributed by atoms with Gasteiger partial charge in [0, 0.05) is 6.07 Å². The minimum Gasteiger partial charge on any atom is -0.487 e. The van der Waals surface area contributed by atoms with E-state index >= 15 is 0 Å². The van der Waals surface area contributed by atoms with E-state index in [1.165, 1.54) is 77.0 Å². The number of ether oxygens (including phenoxy) is 1. The van der Waals surface area contributed by atoms with E-state index in [0.29, 0.717) is 6.61 Å². The van der Waals surface area contributed by atoms with E-state index in [4.69, 9.17) is 14.3 Å². The molecule has 0 aliphatic carbocycles. The van der Waals surface area contributed by atoms with Gasteiger partial charge in [0.05, 0.1) is 6.61 Å². The van der Waals surface area contributed by atoms with Crippen LogP contribution in [0.1, 0.15) is 107 Å². The lowest BCUT2D eigenvalue weighted by Gasteiger charge is -2.05. The molecule has 0 atom stereocenters. The van der Waals surface area contributed by atoms with E-state index in [2.05, 4.69) is 6.92 Å². The molecule has 1 aromatic heterocycles. The van der Waals surface area contributed by atoms with Crippen molar-refractivity contribution >= 4 is 5.97 Å². The van der Waals surface area contributed by atoms with Gasteiger partial charge in [0.25, 0.3) is 0 Å². The smallest absolute Gasteiger partial charge is 0.371 e. The molecule has 1 rings (SSSR count). The largest absolute Gasteiger partial charge is 0.487 e. The summed E-state index contributed by atoms with van der Waals surface area (Å²) < 4.78 is 10.2. The molecule has 0 saturated carbocycles. The third kappa shape index (κ3) is 11.5. The number of unbranched alkanes of at least 4 members (excludes halogenated alkanes) is 13. The van der Waals surface area contributed by atoms with Gasteiger partial charge in [-0.2, -0.15) is 0 Å². The van der Waals surface area contributed by atoms with Gasteiger partial charge in [-0.3, -0.25) is 4.79 Å². The van der Waals surface area contributed by atoms with Crippen LogP contribution in [0, 0.1) is 0 Å². The summed E-state index contributed by atoms with van der Waals surface area (Å²) in [5, 5.41) is 8.74. The number of carboxylic acid groups (broad SMARTS) is 1. The maximum Gasteiger partial charge on any atom is 0.371 e. The molecule has 0 spiro atoms. The molecular weight excluding hydrogens is 344 g/mol. The van der Waals surface area contributed by atoms with Crippen molar-refractivity contribution in [3.05, 3.63) is 28.3 Å². The first-order chi connectivity index (χ1) is 13.1. The molecule has 0 aromatic carbocycles. The lowest BCUT2D eigenvalue weighted by molar-refractivity contribution is 0.0658.